The molecule has 0 unspecified atom stereocenters. The Labute approximate surface area is 97.2 Å². The van der Waals surface area contributed by atoms with Gasteiger partial charge in [-0.05, 0) is 66.1 Å². The first-order valence-electron chi connectivity index (χ1n) is 4.82. The van der Waals surface area contributed by atoms with Crippen LogP contribution in [0.5, 0.6) is 0 Å². The van der Waals surface area contributed by atoms with Gasteiger partial charge in [0.15, 0.2) is 0 Å². The van der Waals surface area contributed by atoms with Gasteiger partial charge in [-0.25, -0.2) is 0 Å². The van der Waals surface area contributed by atoms with Crippen molar-refractivity contribution in [1.29, 1.82) is 0 Å². The molecule has 0 bridgehead atoms. The van der Waals surface area contributed by atoms with Crippen molar-refractivity contribution in [2.24, 2.45) is 0 Å². The molecule has 0 atom stereocenters. The van der Waals surface area contributed by atoms with E-state index in [9.17, 15) is 4.79 Å². The van der Waals surface area contributed by atoms with Gasteiger partial charge in [0.05, 0.1) is 0 Å². The van der Waals surface area contributed by atoms with Crippen LogP contribution in [0.1, 0.15) is 29.6 Å². The van der Waals surface area contributed by atoms with Gasteiger partial charge >= 0.3 is 0 Å². The van der Waals surface area contributed by atoms with Crippen molar-refractivity contribution in [2.75, 3.05) is 0 Å². The van der Waals surface area contributed by atoms with Crippen molar-refractivity contribution in [3.8, 4) is 0 Å². The lowest BCUT2D eigenvalue weighted by molar-refractivity contribution is 0.0917. The fraction of sp³-hybridized carbons (Fsp3) is 0.364. The van der Waals surface area contributed by atoms with Crippen LogP contribution >= 0.6 is 22.6 Å². The highest BCUT2D eigenvalue weighted by atomic mass is 127. The van der Waals surface area contributed by atoms with Gasteiger partial charge in [0.25, 0.3) is 5.91 Å². The largest absolute Gasteiger partial charge is 0.349 e. The summed E-state index contributed by atoms with van der Waals surface area (Å²) in [6.07, 6.45) is 3.52. The van der Waals surface area contributed by atoms with Crippen LogP contribution in [0.15, 0.2) is 24.3 Å². The molecular formula is C11H12INO. The second kappa shape index (κ2) is 4.29. The fourth-order valence-electron chi connectivity index (χ4n) is 1.42. The molecule has 0 saturated heterocycles. The molecule has 0 radical (unpaired) electrons. The van der Waals surface area contributed by atoms with Gasteiger partial charge in [-0.15, -0.1) is 0 Å². The molecule has 3 heteroatoms. The third-order valence-corrected chi connectivity index (χ3v) is 3.27. The molecule has 0 spiro atoms. The molecular weight excluding hydrogens is 289 g/mol. The fourth-order valence-corrected chi connectivity index (χ4v) is 1.78. The second-order valence-electron chi connectivity index (χ2n) is 3.61. The maximum atomic E-state index is 11.6. The molecule has 0 aromatic heterocycles. The number of hydrogen-bond donors (Lipinski definition) is 1. The average molecular weight is 301 g/mol. The van der Waals surface area contributed by atoms with Gasteiger partial charge in [0.2, 0.25) is 0 Å². The summed E-state index contributed by atoms with van der Waals surface area (Å²) in [7, 11) is 0. The highest BCUT2D eigenvalue weighted by molar-refractivity contribution is 14.1. The Balaban J connectivity index is 1.99. The maximum Gasteiger partial charge on any atom is 0.251 e. The summed E-state index contributed by atoms with van der Waals surface area (Å²) in [6.45, 7) is 0. The van der Waals surface area contributed by atoms with Crippen LogP contribution < -0.4 is 5.32 Å². The first-order valence-corrected chi connectivity index (χ1v) is 5.90. The minimum Gasteiger partial charge on any atom is -0.349 e. The number of benzene rings is 1. The van der Waals surface area contributed by atoms with E-state index in [1.54, 1.807) is 0 Å². The molecule has 1 fully saturated rings. The SMILES string of the molecule is O=C(NC1CCC1)c1ccc(I)cc1. The topological polar surface area (TPSA) is 29.1 Å². The molecule has 1 aromatic carbocycles. The monoisotopic (exact) mass is 301 g/mol. The van der Waals surface area contributed by atoms with Crippen molar-refractivity contribution < 1.29 is 4.79 Å². The zero-order valence-electron chi connectivity index (χ0n) is 7.79. The predicted octanol–water partition coefficient (Wildman–Crippen LogP) is 2.57. The van der Waals surface area contributed by atoms with E-state index in [0.29, 0.717) is 6.04 Å². The Morgan fingerprint density at radius 1 is 1.29 bits per heavy atom. The lowest BCUT2D eigenvalue weighted by atomic mass is 9.93. The van der Waals surface area contributed by atoms with E-state index in [1.165, 1.54) is 6.42 Å². The van der Waals surface area contributed by atoms with E-state index < -0.39 is 0 Å². The first kappa shape index (κ1) is 9.96. The molecule has 2 nitrogen and oxygen atoms in total. The number of amides is 1. The summed E-state index contributed by atoms with van der Waals surface area (Å²) in [5, 5.41) is 3.01. The quantitative estimate of drug-likeness (QED) is 0.836. The van der Waals surface area contributed by atoms with Crippen molar-refractivity contribution in [1.82, 2.24) is 5.32 Å². The Morgan fingerprint density at radius 3 is 2.43 bits per heavy atom. The van der Waals surface area contributed by atoms with Crippen LogP contribution in [0.3, 0.4) is 0 Å². The minimum atomic E-state index is 0.0612. The molecule has 14 heavy (non-hydrogen) atoms. The van der Waals surface area contributed by atoms with Gasteiger partial charge in [-0.2, -0.15) is 0 Å². The third kappa shape index (κ3) is 2.26. The van der Waals surface area contributed by atoms with Crippen LogP contribution in [0.4, 0.5) is 0 Å². The molecule has 74 valence electrons. The van der Waals surface area contributed by atoms with E-state index in [4.69, 9.17) is 0 Å². The Hall–Kier alpha value is -0.580. The van der Waals surface area contributed by atoms with E-state index in [-0.39, 0.29) is 5.91 Å². The molecule has 1 aliphatic carbocycles. The lowest BCUT2D eigenvalue weighted by Crippen LogP contribution is -2.39. The summed E-state index contributed by atoms with van der Waals surface area (Å²) in [4.78, 5) is 11.6. The van der Waals surface area contributed by atoms with Crippen molar-refractivity contribution in [3.63, 3.8) is 0 Å². The normalized spacial score (nSPS) is 16.1. The van der Waals surface area contributed by atoms with Gasteiger partial charge in [0.1, 0.15) is 0 Å². The molecule has 2 rings (SSSR count). The van der Waals surface area contributed by atoms with E-state index in [0.717, 1.165) is 22.0 Å². The molecule has 1 saturated carbocycles. The molecule has 1 N–H and O–H groups in total. The standard InChI is InChI=1S/C11H12INO/c12-9-6-4-8(5-7-9)11(14)13-10-2-1-3-10/h4-7,10H,1-3H2,(H,13,14). The molecule has 0 aliphatic heterocycles. The predicted molar refractivity (Wildman–Crippen MR) is 64.3 cm³/mol. The highest BCUT2D eigenvalue weighted by Gasteiger charge is 2.19. The van der Waals surface area contributed by atoms with Gasteiger partial charge in [-0.1, -0.05) is 0 Å². The smallest absolute Gasteiger partial charge is 0.251 e. The number of carbonyl (C=O) groups is 1. The van der Waals surface area contributed by atoms with Gasteiger partial charge < -0.3 is 5.32 Å². The maximum absolute atomic E-state index is 11.6. The number of rotatable bonds is 2. The highest BCUT2D eigenvalue weighted by Crippen LogP contribution is 2.18. The Kier molecular flexibility index (Phi) is 3.05. The van der Waals surface area contributed by atoms with E-state index in [1.807, 2.05) is 24.3 Å². The summed E-state index contributed by atoms with van der Waals surface area (Å²) in [5.41, 5.74) is 0.761. The van der Waals surface area contributed by atoms with Crippen LogP contribution in [0.2, 0.25) is 0 Å². The number of nitrogens with one attached hydrogen (secondary N) is 1. The third-order valence-electron chi connectivity index (χ3n) is 2.55. The van der Waals surface area contributed by atoms with Crippen molar-refractivity contribution >= 4 is 28.5 Å². The minimum absolute atomic E-state index is 0.0612. The van der Waals surface area contributed by atoms with Crippen LogP contribution in [0, 0.1) is 3.57 Å². The molecule has 0 heterocycles. The Bertz CT molecular complexity index is 330. The number of halogens is 1. The zero-order valence-corrected chi connectivity index (χ0v) is 9.95. The summed E-state index contributed by atoms with van der Waals surface area (Å²) in [6, 6.07) is 8.07. The first-order chi connectivity index (χ1) is 6.75. The second-order valence-corrected chi connectivity index (χ2v) is 4.85. The summed E-state index contributed by atoms with van der Waals surface area (Å²) >= 11 is 2.23. The van der Waals surface area contributed by atoms with Crippen LogP contribution in [0.25, 0.3) is 0 Å². The van der Waals surface area contributed by atoms with Crippen LogP contribution in [-0.4, -0.2) is 11.9 Å². The summed E-state index contributed by atoms with van der Waals surface area (Å²) in [5.74, 6) is 0.0612. The molecule has 1 amide bonds. The van der Waals surface area contributed by atoms with Crippen molar-refractivity contribution in [2.45, 2.75) is 25.3 Å². The lowest BCUT2D eigenvalue weighted by Gasteiger charge is -2.26. The van der Waals surface area contributed by atoms with Gasteiger partial charge in [-0.3, -0.25) is 4.79 Å². The zero-order chi connectivity index (χ0) is 9.97. The Morgan fingerprint density at radius 2 is 1.93 bits per heavy atom. The summed E-state index contributed by atoms with van der Waals surface area (Å²) < 4.78 is 1.16. The van der Waals surface area contributed by atoms with E-state index in [2.05, 4.69) is 27.9 Å². The van der Waals surface area contributed by atoms with Crippen molar-refractivity contribution in [3.05, 3.63) is 33.4 Å². The number of hydrogen-bond acceptors (Lipinski definition) is 1. The van der Waals surface area contributed by atoms with Crippen LogP contribution in [-0.2, 0) is 0 Å². The van der Waals surface area contributed by atoms with Gasteiger partial charge in [0, 0.05) is 15.2 Å². The molecule has 1 aliphatic rings. The average Bonchev–Trinajstić information content (AvgIpc) is 2.12. The molecule has 1 aromatic rings. The number of carbonyl (C=O) groups excluding carboxylic acids is 1. The van der Waals surface area contributed by atoms with E-state index >= 15 is 0 Å².